The van der Waals surface area contributed by atoms with E-state index in [1.165, 1.54) is 31.4 Å². The monoisotopic (exact) mass is 406 g/mol. The Morgan fingerprint density at radius 2 is 1.93 bits per heavy atom. The van der Waals surface area contributed by atoms with Crippen molar-refractivity contribution in [2.75, 3.05) is 20.2 Å². The van der Waals surface area contributed by atoms with Crippen LogP contribution in [-0.4, -0.2) is 36.0 Å². The molecule has 0 radical (unpaired) electrons. The number of nitrogens with zero attached hydrogens (tertiary/aromatic N) is 2. The molecule has 4 rings (SSSR count). The average Bonchev–Trinajstić information content (AvgIpc) is 2.79. The third-order valence-electron chi connectivity index (χ3n) is 5.16. The number of halogens is 2. The van der Waals surface area contributed by atoms with E-state index in [2.05, 4.69) is 11.1 Å². The van der Waals surface area contributed by atoms with Crippen molar-refractivity contribution in [1.29, 1.82) is 0 Å². The van der Waals surface area contributed by atoms with E-state index >= 15 is 0 Å². The van der Waals surface area contributed by atoms with Crippen molar-refractivity contribution in [2.45, 2.75) is 6.42 Å². The minimum atomic E-state index is -0.676. The first kappa shape index (κ1) is 19.8. The molecule has 0 atom stereocenters. The Morgan fingerprint density at radius 1 is 1.07 bits per heavy atom. The van der Waals surface area contributed by atoms with Crippen molar-refractivity contribution < 1.29 is 18.3 Å². The van der Waals surface area contributed by atoms with E-state index in [0.717, 1.165) is 11.1 Å². The van der Waals surface area contributed by atoms with Gasteiger partial charge >= 0.3 is 0 Å². The summed E-state index contributed by atoms with van der Waals surface area (Å²) in [5.74, 6) is -1.20. The highest BCUT2D eigenvalue weighted by molar-refractivity contribution is 5.96. The highest BCUT2D eigenvalue weighted by Gasteiger charge is 2.23. The number of benzene rings is 2. The molecule has 1 aromatic heterocycles. The van der Waals surface area contributed by atoms with Gasteiger partial charge in [0.15, 0.2) is 0 Å². The number of carbonyl (C=O) groups excluding carboxylic acids is 1. The number of pyridine rings is 1. The predicted octanol–water partition coefficient (Wildman–Crippen LogP) is 4.96. The van der Waals surface area contributed by atoms with Crippen LogP contribution in [0.25, 0.3) is 16.7 Å². The van der Waals surface area contributed by atoms with E-state index in [9.17, 15) is 13.6 Å². The van der Waals surface area contributed by atoms with Gasteiger partial charge in [-0.15, -0.1) is 0 Å². The summed E-state index contributed by atoms with van der Waals surface area (Å²) in [6.07, 6.45) is 6.20. The Kier molecular flexibility index (Phi) is 5.57. The lowest BCUT2D eigenvalue weighted by molar-refractivity contribution is 0.0770. The van der Waals surface area contributed by atoms with Gasteiger partial charge in [-0.25, -0.2) is 8.78 Å². The minimum Gasteiger partial charge on any atom is -0.497 e. The second kappa shape index (κ2) is 8.45. The third kappa shape index (κ3) is 3.94. The van der Waals surface area contributed by atoms with Gasteiger partial charge < -0.3 is 9.64 Å². The van der Waals surface area contributed by atoms with Crippen LogP contribution in [0.2, 0.25) is 0 Å². The van der Waals surface area contributed by atoms with Gasteiger partial charge in [-0.2, -0.15) is 0 Å². The van der Waals surface area contributed by atoms with Gasteiger partial charge in [-0.3, -0.25) is 9.78 Å². The molecule has 0 spiro atoms. The van der Waals surface area contributed by atoms with E-state index in [0.29, 0.717) is 30.8 Å². The fraction of sp³-hybridized carbons (Fsp3) is 0.167. The van der Waals surface area contributed by atoms with Crippen LogP contribution in [0.15, 0.2) is 67.0 Å². The molecule has 2 aromatic carbocycles. The SMILES string of the molecule is COc1ccc(-c2ccc(C(=O)N3CCC=C(c4cccnc4)C3)c(F)c2)c(F)c1. The molecule has 0 N–H and O–H groups in total. The number of rotatable bonds is 4. The van der Waals surface area contributed by atoms with Crippen molar-refractivity contribution in [3.63, 3.8) is 0 Å². The van der Waals surface area contributed by atoms with Crippen LogP contribution in [0.1, 0.15) is 22.3 Å². The van der Waals surface area contributed by atoms with Gasteiger partial charge in [0.1, 0.15) is 17.4 Å². The molecule has 0 unspecified atom stereocenters. The molecule has 0 aliphatic carbocycles. The van der Waals surface area contributed by atoms with Crippen LogP contribution >= 0.6 is 0 Å². The molecule has 1 aliphatic rings. The summed E-state index contributed by atoms with van der Waals surface area (Å²) in [6.45, 7) is 0.899. The molecule has 30 heavy (non-hydrogen) atoms. The topological polar surface area (TPSA) is 42.4 Å². The molecular weight excluding hydrogens is 386 g/mol. The Hall–Kier alpha value is -3.54. The maximum atomic E-state index is 14.8. The first-order valence-corrected chi connectivity index (χ1v) is 9.59. The fourth-order valence-electron chi connectivity index (χ4n) is 3.56. The van der Waals surface area contributed by atoms with Gasteiger partial charge in [-0.05, 0) is 53.5 Å². The third-order valence-corrected chi connectivity index (χ3v) is 5.16. The van der Waals surface area contributed by atoms with Crippen LogP contribution in [-0.2, 0) is 0 Å². The summed E-state index contributed by atoms with van der Waals surface area (Å²) < 4.78 is 34.1. The molecule has 152 valence electrons. The van der Waals surface area contributed by atoms with E-state index in [4.69, 9.17) is 4.74 Å². The Bertz CT molecular complexity index is 1110. The largest absolute Gasteiger partial charge is 0.497 e. The summed E-state index contributed by atoms with van der Waals surface area (Å²) in [7, 11) is 1.45. The van der Waals surface area contributed by atoms with Gasteiger partial charge in [0, 0.05) is 37.1 Å². The number of amides is 1. The molecule has 1 aliphatic heterocycles. The Balaban J connectivity index is 1.56. The van der Waals surface area contributed by atoms with Crippen molar-refractivity contribution in [1.82, 2.24) is 9.88 Å². The zero-order chi connectivity index (χ0) is 21.1. The molecule has 2 heterocycles. The number of aromatic nitrogens is 1. The number of hydrogen-bond donors (Lipinski definition) is 0. The summed E-state index contributed by atoms with van der Waals surface area (Å²) >= 11 is 0. The Morgan fingerprint density at radius 3 is 2.63 bits per heavy atom. The fourth-order valence-corrected chi connectivity index (χ4v) is 3.56. The normalized spacial score (nSPS) is 13.7. The zero-order valence-electron chi connectivity index (χ0n) is 16.4. The molecule has 0 saturated carbocycles. The van der Waals surface area contributed by atoms with Crippen LogP contribution in [0, 0.1) is 11.6 Å². The summed E-state index contributed by atoms with van der Waals surface area (Å²) in [5, 5.41) is 0. The van der Waals surface area contributed by atoms with E-state index in [1.807, 2.05) is 12.1 Å². The van der Waals surface area contributed by atoms with Crippen molar-refractivity contribution in [3.05, 3.63) is 89.8 Å². The second-order valence-corrected chi connectivity index (χ2v) is 7.03. The van der Waals surface area contributed by atoms with Crippen molar-refractivity contribution in [3.8, 4) is 16.9 Å². The summed E-state index contributed by atoms with van der Waals surface area (Å²) in [5.41, 5.74) is 2.51. The van der Waals surface area contributed by atoms with Crippen molar-refractivity contribution in [2.24, 2.45) is 0 Å². The van der Waals surface area contributed by atoms with Gasteiger partial charge in [-0.1, -0.05) is 18.2 Å². The lowest BCUT2D eigenvalue weighted by Crippen LogP contribution is -2.36. The van der Waals surface area contributed by atoms with Crippen LogP contribution in [0.5, 0.6) is 5.75 Å². The first-order chi connectivity index (χ1) is 14.6. The summed E-state index contributed by atoms with van der Waals surface area (Å²) in [6, 6.07) is 12.3. The number of methoxy groups -OCH3 is 1. The lowest BCUT2D eigenvalue weighted by atomic mass is 10.00. The van der Waals surface area contributed by atoms with Gasteiger partial charge in [0.25, 0.3) is 5.91 Å². The second-order valence-electron chi connectivity index (χ2n) is 7.03. The smallest absolute Gasteiger partial charge is 0.257 e. The van der Waals surface area contributed by atoms with Crippen LogP contribution < -0.4 is 4.74 Å². The molecule has 0 saturated heterocycles. The standard InChI is InChI=1S/C24H20F2N2O2/c1-30-19-7-9-20(23(26)13-19)16-6-8-21(22(25)12-16)24(29)28-11-3-5-18(15-28)17-4-2-10-27-14-17/h2,4-10,12-14H,3,11,15H2,1H3. The number of carbonyl (C=O) groups is 1. The van der Waals surface area contributed by atoms with E-state index in [1.54, 1.807) is 29.4 Å². The van der Waals surface area contributed by atoms with E-state index < -0.39 is 11.6 Å². The summed E-state index contributed by atoms with van der Waals surface area (Å²) in [4.78, 5) is 18.7. The van der Waals surface area contributed by atoms with Crippen LogP contribution in [0.3, 0.4) is 0 Å². The van der Waals surface area contributed by atoms with Crippen LogP contribution in [0.4, 0.5) is 8.78 Å². The maximum absolute atomic E-state index is 14.8. The molecule has 6 heteroatoms. The predicted molar refractivity (Wildman–Crippen MR) is 111 cm³/mol. The zero-order valence-corrected chi connectivity index (χ0v) is 16.4. The highest BCUT2D eigenvalue weighted by atomic mass is 19.1. The molecule has 3 aromatic rings. The Labute approximate surface area is 173 Å². The van der Waals surface area contributed by atoms with E-state index in [-0.39, 0.29) is 17.0 Å². The minimum absolute atomic E-state index is 0.0277. The molecular formula is C24H20F2N2O2. The van der Waals surface area contributed by atoms with Gasteiger partial charge in [0.05, 0.1) is 12.7 Å². The number of hydrogen-bond acceptors (Lipinski definition) is 3. The first-order valence-electron chi connectivity index (χ1n) is 9.59. The molecule has 0 bridgehead atoms. The molecule has 0 fully saturated rings. The highest BCUT2D eigenvalue weighted by Crippen LogP contribution is 2.29. The van der Waals surface area contributed by atoms with Crippen molar-refractivity contribution >= 4 is 11.5 Å². The lowest BCUT2D eigenvalue weighted by Gasteiger charge is -2.28. The molecule has 1 amide bonds. The number of ether oxygens (including phenoxy) is 1. The molecule has 4 nitrogen and oxygen atoms in total. The van der Waals surface area contributed by atoms with Gasteiger partial charge in [0.2, 0.25) is 0 Å². The quantitative estimate of drug-likeness (QED) is 0.615. The average molecular weight is 406 g/mol. The maximum Gasteiger partial charge on any atom is 0.257 e.